The number of methoxy groups -OCH3 is 1. The zero-order valence-electron chi connectivity index (χ0n) is 23.7. The molecule has 0 bridgehead atoms. The van der Waals surface area contributed by atoms with Gasteiger partial charge in [0.1, 0.15) is 16.5 Å². The zero-order valence-corrected chi connectivity index (χ0v) is 24.6. The van der Waals surface area contributed by atoms with E-state index in [2.05, 4.69) is 0 Å². The maximum absolute atomic E-state index is 15.0. The molecule has 0 saturated carbocycles. The number of ether oxygens (including phenoxy) is 2. The molecule has 4 aromatic rings. The first-order valence-corrected chi connectivity index (χ1v) is 15.4. The molecular weight excluding hydrogens is 589 g/mol. The van der Waals surface area contributed by atoms with Gasteiger partial charge in [-0.25, -0.2) is 12.8 Å². The van der Waals surface area contributed by atoms with Crippen molar-refractivity contribution >= 4 is 44.2 Å². The van der Waals surface area contributed by atoms with Gasteiger partial charge in [0.15, 0.2) is 0 Å². The highest BCUT2D eigenvalue weighted by molar-refractivity contribution is 7.89. The van der Waals surface area contributed by atoms with Crippen LogP contribution in [0.4, 0.5) is 10.1 Å². The predicted molar refractivity (Wildman–Crippen MR) is 160 cm³/mol. The second kappa shape index (κ2) is 11.8. The SMILES string of the molecule is COc1ccccc1N(CCN1C(=O)c2cccc3cccc(c23)C1=O)C(=O)c1ccc(F)c(S(=O)(=O)N2CCOCC2)c1. The molecule has 0 unspecified atom stereocenters. The Bertz CT molecular complexity index is 1860. The molecule has 0 aliphatic carbocycles. The monoisotopic (exact) mass is 617 g/mol. The quantitative estimate of drug-likeness (QED) is 0.275. The third-order valence-electron chi connectivity index (χ3n) is 7.79. The lowest BCUT2D eigenvalue weighted by atomic mass is 9.94. The second-order valence-corrected chi connectivity index (χ2v) is 12.2. The number of rotatable bonds is 8. The minimum Gasteiger partial charge on any atom is -0.495 e. The number of anilines is 1. The van der Waals surface area contributed by atoms with E-state index in [4.69, 9.17) is 9.47 Å². The van der Waals surface area contributed by atoms with Crippen molar-refractivity contribution in [2.45, 2.75) is 4.90 Å². The first-order valence-electron chi connectivity index (χ1n) is 13.9. The van der Waals surface area contributed by atoms with Gasteiger partial charge in [-0.15, -0.1) is 0 Å². The number of carbonyl (C=O) groups is 3. The molecule has 0 atom stereocenters. The normalized spacial score (nSPS) is 15.5. The summed E-state index contributed by atoms with van der Waals surface area (Å²) in [4.78, 5) is 42.9. The number of hydrogen-bond donors (Lipinski definition) is 0. The maximum atomic E-state index is 15.0. The molecule has 10 nitrogen and oxygen atoms in total. The van der Waals surface area contributed by atoms with Crippen molar-refractivity contribution in [1.29, 1.82) is 0 Å². The fraction of sp³-hybridized carbons (Fsp3) is 0.219. The van der Waals surface area contributed by atoms with Crippen LogP contribution >= 0.6 is 0 Å². The van der Waals surface area contributed by atoms with Crippen LogP contribution in [-0.4, -0.2) is 81.8 Å². The molecule has 1 saturated heterocycles. The zero-order chi connectivity index (χ0) is 31.0. The van der Waals surface area contributed by atoms with Gasteiger partial charge in [-0.05, 0) is 47.9 Å². The number of sulfonamides is 1. The first-order chi connectivity index (χ1) is 21.2. The average molecular weight is 618 g/mol. The van der Waals surface area contributed by atoms with E-state index >= 15 is 0 Å². The van der Waals surface area contributed by atoms with Crippen molar-refractivity contribution in [2.24, 2.45) is 0 Å². The van der Waals surface area contributed by atoms with Crippen LogP contribution in [0.3, 0.4) is 0 Å². The van der Waals surface area contributed by atoms with Gasteiger partial charge in [-0.3, -0.25) is 19.3 Å². The molecule has 2 aliphatic heterocycles. The van der Waals surface area contributed by atoms with Crippen LogP contribution in [0.15, 0.2) is 83.8 Å². The predicted octanol–water partition coefficient (Wildman–Crippen LogP) is 3.95. The highest BCUT2D eigenvalue weighted by Gasteiger charge is 2.35. The van der Waals surface area contributed by atoms with Gasteiger partial charge in [-0.2, -0.15) is 4.31 Å². The van der Waals surface area contributed by atoms with E-state index in [0.717, 1.165) is 26.7 Å². The van der Waals surface area contributed by atoms with Gasteiger partial charge in [-0.1, -0.05) is 36.4 Å². The number of amides is 3. The Morgan fingerprint density at radius 3 is 2.25 bits per heavy atom. The van der Waals surface area contributed by atoms with E-state index in [0.29, 0.717) is 28.0 Å². The highest BCUT2D eigenvalue weighted by Crippen LogP contribution is 2.32. The number of nitrogens with zero attached hydrogens (tertiary/aromatic N) is 3. The summed E-state index contributed by atoms with van der Waals surface area (Å²) in [5.74, 6) is -2.32. The van der Waals surface area contributed by atoms with Gasteiger partial charge in [0, 0.05) is 48.3 Å². The summed E-state index contributed by atoms with van der Waals surface area (Å²) in [6.07, 6.45) is 0. The minimum absolute atomic E-state index is 0.0576. The maximum Gasteiger partial charge on any atom is 0.261 e. The molecule has 0 spiro atoms. The molecule has 0 aromatic heterocycles. The highest BCUT2D eigenvalue weighted by atomic mass is 32.2. The number of benzene rings is 4. The van der Waals surface area contributed by atoms with Gasteiger partial charge in [0.25, 0.3) is 17.7 Å². The smallest absolute Gasteiger partial charge is 0.261 e. The third-order valence-corrected chi connectivity index (χ3v) is 9.70. The molecule has 4 aromatic carbocycles. The van der Waals surface area contributed by atoms with Crippen molar-refractivity contribution in [1.82, 2.24) is 9.21 Å². The van der Waals surface area contributed by atoms with Crippen LogP contribution in [0.1, 0.15) is 31.1 Å². The molecule has 2 aliphatic rings. The van der Waals surface area contributed by atoms with Crippen LogP contribution in [-0.2, 0) is 14.8 Å². The second-order valence-electron chi connectivity index (χ2n) is 10.3. The van der Waals surface area contributed by atoms with Crippen molar-refractivity contribution < 1.29 is 36.7 Å². The van der Waals surface area contributed by atoms with Crippen LogP contribution < -0.4 is 9.64 Å². The van der Waals surface area contributed by atoms with Crippen LogP contribution in [0.2, 0.25) is 0 Å². The van der Waals surface area contributed by atoms with E-state index in [9.17, 15) is 27.2 Å². The van der Waals surface area contributed by atoms with Crippen molar-refractivity contribution in [3.05, 3.63) is 101 Å². The number of para-hydroxylation sites is 2. The van der Waals surface area contributed by atoms with Gasteiger partial charge >= 0.3 is 0 Å². The summed E-state index contributed by atoms with van der Waals surface area (Å²) in [7, 11) is -2.83. The number of hydrogen-bond acceptors (Lipinski definition) is 7. The summed E-state index contributed by atoms with van der Waals surface area (Å²) in [5.41, 5.74) is 0.977. The number of imide groups is 1. The molecule has 3 amide bonds. The van der Waals surface area contributed by atoms with Gasteiger partial charge in [0.05, 0.1) is 26.0 Å². The summed E-state index contributed by atoms with van der Waals surface area (Å²) < 4.78 is 53.4. The van der Waals surface area contributed by atoms with Crippen LogP contribution in [0, 0.1) is 5.82 Å². The van der Waals surface area contributed by atoms with E-state index < -0.39 is 38.5 Å². The Balaban J connectivity index is 1.35. The summed E-state index contributed by atoms with van der Waals surface area (Å²) in [6, 6.07) is 20.3. The first kappa shape index (κ1) is 29.4. The Labute approximate surface area is 253 Å². The molecule has 0 radical (unpaired) electrons. The summed E-state index contributed by atoms with van der Waals surface area (Å²) >= 11 is 0. The van der Waals surface area contributed by atoms with E-state index in [1.165, 1.54) is 18.1 Å². The van der Waals surface area contributed by atoms with Crippen molar-refractivity contribution in [3.63, 3.8) is 0 Å². The standard InChI is InChI=1S/C32H28FN3O7S/c1-42-27-11-3-2-10-26(27)35(14-15-36-31(38)23-8-4-6-21-7-5-9-24(29(21)23)32(36)39)30(37)22-12-13-25(33)28(20-22)44(40,41)34-16-18-43-19-17-34/h2-13,20H,14-19H2,1H3. The molecule has 0 N–H and O–H groups in total. The van der Waals surface area contributed by atoms with Crippen molar-refractivity contribution in [3.8, 4) is 5.75 Å². The largest absolute Gasteiger partial charge is 0.495 e. The molecule has 226 valence electrons. The fourth-order valence-corrected chi connectivity index (χ4v) is 7.08. The molecule has 12 heteroatoms. The Kier molecular flexibility index (Phi) is 7.89. The lowest BCUT2D eigenvalue weighted by Gasteiger charge is -2.31. The fourth-order valence-electron chi connectivity index (χ4n) is 5.58. The number of morpholine rings is 1. The summed E-state index contributed by atoms with van der Waals surface area (Å²) in [6.45, 7) is 0.135. The van der Waals surface area contributed by atoms with E-state index in [1.54, 1.807) is 48.5 Å². The average Bonchev–Trinajstić information content (AvgIpc) is 3.05. The molecule has 44 heavy (non-hydrogen) atoms. The Morgan fingerprint density at radius 1 is 0.932 bits per heavy atom. The molecule has 1 fully saturated rings. The third kappa shape index (κ3) is 5.10. The van der Waals surface area contributed by atoms with E-state index in [1.807, 2.05) is 12.1 Å². The van der Waals surface area contributed by atoms with Gasteiger partial charge in [0.2, 0.25) is 10.0 Å². The summed E-state index contributed by atoms with van der Waals surface area (Å²) in [5, 5.41) is 1.35. The van der Waals surface area contributed by atoms with Crippen LogP contribution in [0.25, 0.3) is 10.8 Å². The Morgan fingerprint density at radius 2 is 1.59 bits per heavy atom. The van der Waals surface area contributed by atoms with Gasteiger partial charge < -0.3 is 14.4 Å². The minimum atomic E-state index is -4.26. The van der Waals surface area contributed by atoms with Crippen molar-refractivity contribution in [2.75, 3.05) is 51.4 Å². The number of halogens is 1. The Hall–Kier alpha value is -4.65. The van der Waals surface area contributed by atoms with Crippen LogP contribution in [0.5, 0.6) is 5.75 Å². The molecule has 6 rings (SSSR count). The number of carbonyl (C=O) groups excluding carboxylic acids is 3. The topological polar surface area (TPSA) is 114 Å². The lowest BCUT2D eigenvalue weighted by Crippen LogP contribution is -2.46. The van der Waals surface area contributed by atoms with E-state index in [-0.39, 0.29) is 45.0 Å². The molecular formula is C32H28FN3O7S. The lowest BCUT2D eigenvalue weighted by molar-refractivity contribution is 0.0611. The molecule has 2 heterocycles.